The number of rotatable bonds is 7. The van der Waals surface area contributed by atoms with Gasteiger partial charge >= 0.3 is 0 Å². The molecule has 0 heterocycles. The summed E-state index contributed by atoms with van der Waals surface area (Å²) >= 11 is 0. The average molecular weight is 251 g/mol. The zero-order chi connectivity index (χ0) is 13.5. The topological polar surface area (TPSA) is 81.6 Å². The number of hydrogen-bond donors (Lipinski definition) is 2. The molecule has 0 bridgehead atoms. The van der Waals surface area contributed by atoms with Crippen molar-refractivity contribution in [3.8, 4) is 5.75 Å². The van der Waals surface area contributed by atoms with Crippen LogP contribution in [0.3, 0.4) is 0 Å². The van der Waals surface area contributed by atoms with Gasteiger partial charge in [0.05, 0.1) is 13.7 Å². The maximum atomic E-state index is 11.1. The molecular formula is C13H21N3O2. The van der Waals surface area contributed by atoms with Gasteiger partial charge in [0.2, 0.25) is 5.91 Å². The third-order valence-corrected chi connectivity index (χ3v) is 2.91. The molecule has 1 aromatic rings. The molecule has 0 spiro atoms. The molecule has 0 aromatic heterocycles. The summed E-state index contributed by atoms with van der Waals surface area (Å²) in [7, 11) is 1.62. The minimum Gasteiger partial charge on any atom is -0.497 e. The summed E-state index contributed by atoms with van der Waals surface area (Å²) in [5.74, 6) is 0.430. The molecule has 0 aliphatic carbocycles. The van der Waals surface area contributed by atoms with E-state index in [-0.39, 0.29) is 18.5 Å². The van der Waals surface area contributed by atoms with E-state index < -0.39 is 0 Å². The van der Waals surface area contributed by atoms with Crippen molar-refractivity contribution in [3.63, 3.8) is 0 Å². The van der Waals surface area contributed by atoms with Crippen LogP contribution in [-0.2, 0) is 4.79 Å². The van der Waals surface area contributed by atoms with E-state index in [2.05, 4.69) is 0 Å². The van der Waals surface area contributed by atoms with Crippen LogP contribution in [0, 0.1) is 0 Å². The Morgan fingerprint density at radius 1 is 1.50 bits per heavy atom. The molecule has 1 unspecified atom stereocenters. The van der Waals surface area contributed by atoms with Crippen molar-refractivity contribution < 1.29 is 9.53 Å². The summed E-state index contributed by atoms with van der Waals surface area (Å²) in [6.07, 6.45) is 0. The van der Waals surface area contributed by atoms with E-state index in [9.17, 15) is 4.79 Å². The first-order valence-electron chi connectivity index (χ1n) is 5.98. The summed E-state index contributed by atoms with van der Waals surface area (Å²) in [5, 5.41) is 0. The lowest BCUT2D eigenvalue weighted by Gasteiger charge is -2.29. The number of nitrogens with two attached hydrogens (primary N) is 2. The van der Waals surface area contributed by atoms with E-state index in [0.29, 0.717) is 13.1 Å². The van der Waals surface area contributed by atoms with Crippen molar-refractivity contribution in [2.45, 2.75) is 13.0 Å². The van der Waals surface area contributed by atoms with Crippen LogP contribution in [0.25, 0.3) is 0 Å². The highest BCUT2D eigenvalue weighted by Gasteiger charge is 2.19. The van der Waals surface area contributed by atoms with E-state index in [1.165, 1.54) is 0 Å². The van der Waals surface area contributed by atoms with Gasteiger partial charge in [-0.2, -0.15) is 0 Å². The number of ether oxygens (including phenoxy) is 1. The molecule has 18 heavy (non-hydrogen) atoms. The van der Waals surface area contributed by atoms with E-state index in [0.717, 1.165) is 11.3 Å². The van der Waals surface area contributed by atoms with Gasteiger partial charge in [-0.05, 0) is 24.2 Å². The first-order valence-corrected chi connectivity index (χ1v) is 5.98. The van der Waals surface area contributed by atoms with Crippen LogP contribution in [-0.4, -0.2) is 37.6 Å². The summed E-state index contributed by atoms with van der Waals surface area (Å²) in [6, 6.07) is 7.67. The van der Waals surface area contributed by atoms with Gasteiger partial charge in [0.1, 0.15) is 5.75 Å². The first-order chi connectivity index (χ1) is 8.62. The Kier molecular flexibility index (Phi) is 5.61. The van der Waals surface area contributed by atoms with Crippen molar-refractivity contribution >= 4 is 5.91 Å². The third kappa shape index (κ3) is 3.72. The quantitative estimate of drug-likeness (QED) is 0.739. The van der Waals surface area contributed by atoms with Gasteiger partial charge in [-0.15, -0.1) is 0 Å². The minimum atomic E-state index is -0.349. The van der Waals surface area contributed by atoms with E-state index in [1.807, 2.05) is 36.1 Å². The molecule has 5 nitrogen and oxygen atoms in total. The molecule has 0 radical (unpaired) electrons. The van der Waals surface area contributed by atoms with Gasteiger partial charge in [0.25, 0.3) is 0 Å². The van der Waals surface area contributed by atoms with Crippen molar-refractivity contribution in [2.24, 2.45) is 11.5 Å². The Labute approximate surface area is 108 Å². The number of primary amides is 1. The summed E-state index contributed by atoms with van der Waals surface area (Å²) < 4.78 is 5.19. The van der Waals surface area contributed by atoms with Gasteiger partial charge in [-0.1, -0.05) is 19.1 Å². The number of likely N-dealkylation sites (N-methyl/N-ethyl adjacent to an activating group) is 1. The fraction of sp³-hybridized carbons (Fsp3) is 0.462. The van der Waals surface area contributed by atoms with Crippen LogP contribution in [0.5, 0.6) is 5.75 Å². The highest BCUT2D eigenvalue weighted by atomic mass is 16.5. The smallest absolute Gasteiger partial charge is 0.231 e. The molecule has 5 heteroatoms. The van der Waals surface area contributed by atoms with Gasteiger partial charge < -0.3 is 16.2 Å². The zero-order valence-corrected chi connectivity index (χ0v) is 10.9. The minimum absolute atomic E-state index is 0.0300. The molecule has 100 valence electrons. The highest BCUT2D eigenvalue weighted by molar-refractivity contribution is 5.76. The Morgan fingerprint density at radius 2 is 2.22 bits per heavy atom. The maximum Gasteiger partial charge on any atom is 0.231 e. The highest BCUT2D eigenvalue weighted by Crippen LogP contribution is 2.23. The van der Waals surface area contributed by atoms with Crippen molar-refractivity contribution in [3.05, 3.63) is 29.8 Å². The van der Waals surface area contributed by atoms with Crippen molar-refractivity contribution in [1.29, 1.82) is 0 Å². The molecule has 1 amide bonds. The summed E-state index contributed by atoms with van der Waals surface area (Å²) in [6.45, 7) is 3.32. The molecular weight excluding hydrogens is 230 g/mol. The Bertz CT molecular complexity index is 396. The van der Waals surface area contributed by atoms with Crippen LogP contribution in [0.1, 0.15) is 18.5 Å². The number of carbonyl (C=O) groups is 1. The molecule has 0 aliphatic heterocycles. The summed E-state index contributed by atoms with van der Waals surface area (Å²) in [4.78, 5) is 13.0. The fourth-order valence-corrected chi connectivity index (χ4v) is 1.99. The zero-order valence-electron chi connectivity index (χ0n) is 10.9. The summed E-state index contributed by atoms with van der Waals surface area (Å²) in [5.41, 5.74) is 12.1. The molecule has 0 saturated carbocycles. The van der Waals surface area contributed by atoms with Crippen molar-refractivity contribution in [2.75, 3.05) is 26.7 Å². The SMILES string of the molecule is CCN(CC(N)=O)C(CN)c1cccc(OC)c1. The van der Waals surface area contributed by atoms with Crippen LogP contribution >= 0.6 is 0 Å². The number of amides is 1. The lowest BCUT2D eigenvalue weighted by Crippen LogP contribution is -2.39. The van der Waals surface area contributed by atoms with Crippen LogP contribution < -0.4 is 16.2 Å². The van der Waals surface area contributed by atoms with Gasteiger partial charge in [0.15, 0.2) is 0 Å². The molecule has 1 rings (SSSR count). The standard InChI is InChI=1S/C13H21N3O2/c1-3-16(9-13(15)17)12(8-14)10-5-4-6-11(7-10)18-2/h4-7,12H,3,8-9,14H2,1-2H3,(H2,15,17). The van der Waals surface area contributed by atoms with E-state index in [1.54, 1.807) is 7.11 Å². The third-order valence-electron chi connectivity index (χ3n) is 2.91. The Balaban J connectivity index is 2.95. The van der Waals surface area contributed by atoms with Gasteiger partial charge in [-0.25, -0.2) is 0 Å². The van der Waals surface area contributed by atoms with E-state index in [4.69, 9.17) is 16.2 Å². The number of carbonyl (C=O) groups excluding carboxylic acids is 1. The predicted octanol–water partition coefficient (Wildman–Crippen LogP) is 0.502. The monoisotopic (exact) mass is 251 g/mol. The number of methoxy groups -OCH3 is 1. The lowest BCUT2D eigenvalue weighted by atomic mass is 10.0. The Hall–Kier alpha value is -1.59. The van der Waals surface area contributed by atoms with E-state index >= 15 is 0 Å². The van der Waals surface area contributed by atoms with Gasteiger partial charge in [0, 0.05) is 12.6 Å². The second kappa shape index (κ2) is 6.98. The number of benzene rings is 1. The maximum absolute atomic E-state index is 11.1. The average Bonchev–Trinajstić information content (AvgIpc) is 2.38. The van der Waals surface area contributed by atoms with Crippen LogP contribution in [0.2, 0.25) is 0 Å². The molecule has 0 fully saturated rings. The molecule has 1 aromatic carbocycles. The second-order valence-corrected chi connectivity index (χ2v) is 4.06. The van der Waals surface area contributed by atoms with Crippen LogP contribution in [0.4, 0.5) is 0 Å². The second-order valence-electron chi connectivity index (χ2n) is 4.06. The fourth-order valence-electron chi connectivity index (χ4n) is 1.99. The lowest BCUT2D eigenvalue weighted by molar-refractivity contribution is -0.119. The van der Waals surface area contributed by atoms with Crippen LogP contribution in [0.15, 0.2) is 24.3 Å². The normalized spacial score (nSPS) is 12.4. The molecule has 0 aliphatic rings. The number of hydrogen-bond acceptors (Lipinski definition) is 4. The van der Waals surface area contributed by atoms with Crippen molar-refractivity contribution in [1.82, 2.24) is 4.90 Å². The first kappa shape index (κ1) is 14.5. The molecule has 0 saturated heterocycles. The molecule has 4 N–H and O–H groups in total. The largest absolute Gasteiger partial charge is 0.497 e. The Morgan fingerprint density at radius 3 is 2.72 bits per heavy atom. The molecule has 1 atom stereocenters. The predicted molar refractivity (Wildman–Crippen MR) is 71.2 cm³/mol. The van der Waals surface area contributed by atoms with Gasteiger partial charge in [-0.3, -0.25) is 9.69 Å². The number of nitrogens with zero attached hydrogens (tertiary/aromatic N) is 1.